The van der Waals surface area contributed by atoms with E-state index in [0.29, 0.717) is 0 Å². The van der Waals surface area contributed by atoms with Crippen LogP contribution < -0.4 is 10.1 Å². The van der Waals surface area contributed by atoms with Crippen molar-refractivity contribution < 1.29 is 19.0 Å². The Morgan fingerprint density at radius 2 is 2.22 bits per heavy atom. The van der Waals surface area contributed by atoms with E-state index in [4.69, 9.17) is 16.3 Å². The minimum absolute atomic E-state index is 0.102. The second-order valence-corrected chi connectivity index (χ2v) is 4.86. The average Bonchev–Trinajstić information content (AvgIpc) is 2.24. The highest BCUT2D eigenvalue weighted by Gasteiger charge is 2.14. The van der Waals surface area contributed by atoms with Crippen molar-refractivity contribution >= 4 is 17.5 Å². The van der Waals surface area contributed by atoms with Crippen molar-refractivity contribution in [2.75, 3.05) is 13.2 Å². The molecule has 6 heteroatoms. The fraction of sp³-hybridized carbons (Fsp3) is 0.417. The van der Waals surface area contributed by atoms with Crippen LogP contribution in [0, 0.1) is 5.82 Å². The summed E-state index contributed by atoms with van der Waals surface area (Å²) in [6, 6.07) is 3.64. The summed E-state index contributed by atoms with van der Waals surface area (Å²) in [5.41, 5.74) is -0.983. The van der Waals surface area contributed by atoms with Crippen molar-refractivity contribution in [2.45, 2.75) is 19.4 Å². The number of hydrogen-bond acceptors (Lipinski definition) is 3. The Hall–Kier alpha value is -1.33. The zero-order valence-corrected chi connectivity index (χ0v) is 10.9. The first-order chi connectivity index (χ1) is 8.28. The molecule has 0 saturated carbocycles. The highest BCUT2D eigenvalue weighted by Crippen LogP contribution is 2.24. The van der Waals surface area contributed by atoms with Crippen LogP contribution >= 0.6 is 11.6 Å². The number of aliphatic hydroxyl groups is 1. The number of carbonyl (C=O) groups is 1. The van der Waals surface area contributed by atoms with Gasteiger partial charge >= 0.3 is 0 Å². The number of ether oxygens (including phenoxy) is 1. The van der Waals surface area contributed by atoms with Crippen molar-refractivity contribution in [1.82, 2.24) is 5.32 Å². The standard InChI is InChI=1S/C12H15ClFNO3/c1-12(2,17)7-15-11(16)6-18-10-4-3-8(14)5-9(10)13/h3-5,17H,6-7H2,1-2H3,(H,15,16). The van der Waals surface area contributed by atoms with Crippen LogP contribution in [0.5, 0.6) is 5.75 Å². The van der Waals surface area contributed by atoms with Gasteiger partial charge in [0, 0.05) is 6.54 Å². The van der Waals surface area contributed by atoms with Crippen LogP contribution in [-0.2, 0) is 4.79 Å². The molecule has 0 saturated heterocycles. The molecule has 0 heterocycles. The lowest BCUT2D eigenvalue weighted by Crippen LogP contribution is -2.40. The van der Waals surface area contributed by atoms with Crippen LogP contribution in [0.1, 0.15) is 13.8 Å². The third kappa shape index (κ3) is 5.33. The first-order valence-corrected chi connectivity index (χ1v) is 5.73. The van der Waals surface area contributed by atoms with E-state index in [0.717, 1.165) is 6.07 Å². The normalized spacial score (nSPS) is 11.2. The molecular weight excluding hydrogens is 261 g/mol. The molecule has 100 valence electrons. The Morgan fingerprint density at radius 3 is 2.78 bits per heavy atom. The fourth-order valence-corrected chi connectivity index (χ4v) is 1.32. The molecule has 0 spiro atoms. The van der Waals surface area contributed by atoms with Gasteiger partial charge in [0.05, 0.1) is 10.6 Å². The van der Waals surface area contributed by atoms with Gasteiger partial charge < -0.3 is 15.2 Å². The second kappa shape index (κ2) is 6.02. The predicted octanol–water partition coefficient (Wildman–Crippen LogP) is 1.74. The molecule has 0 atom stereocenters. The van der Waals surface area contributed by atoms with Gasteiger partial charge in [0.1, 0.15) is 11.6 Å². The molecular formula is C12H15ClFNO3. The number of nitrogens with one attached hydrogen (secondary N) is 1. The number of halogens is 2. The molecule has 0 aromatic heterocycles. The lowest BCUT2D eigenvalue weighted by molar-refractivity contribution is -0.124. The SMILES string of the molecule is CC(C)(O)CNC(=O)COc1ccc(F)cc1Cl. The Balaban J connectivity index is 2.43. The first-order valence-electron chi connectivity index (χ1n) is 5.35. The lowest BCUT2D eigenvalue weighted by Gasteiger charge is -2.17. The highest BCUT2D eigenvalue weighted by atomic mass is 35.5. The molecule has 0 aliphatic carbocycles. The van der Waals surface area contributed by atoms with Crippen LogP contribution in [0.2, 0.25) is 5.02 Å². The maximum absolute atomic E-state index is 12.8. The van der Waals surface area contributed by atoms with Gasteiger partial charge in [0.2, 0.25) is 0 Å². The summed E-state index contributed by atoms with van der Waals surface area (Å²) in [6.45, 7) is 3.02. The third-order valence-corrected chi connectivity index (χ3v) is 2.27. The fourth-order valence-electron chi connectivity index (χ4n) is 1.10. The van der Waals surface area contributed by atoms with Gasteiger partial charge in [-0.1, -0.05) is 11.6 Å². The number of amides is 1. The van der Waals surface area contributed by atoms with Crippen LogP contribution in [0.4, 0.5) is 4.39 Å². The van der Waals surface area contributed by atoms with Gasteiger partial charge in [0.25, 0.3) is 5.91 Å². The van der Waals surface area contributed by atoms with E-state index in [1.807, 2.05) is 0 Å². The Bertz CT molecular complexity index is 432. The van der Waals surface area contributed by atoms with E-state index in [-0.39, 0.29) is 23.9 Å². The summed E-state index contributed by atoms with van der Waals surface area (Å²) >= 11 is 5.73. The minimum atomic E-state index is -0.983. The summed E-state index contributed by atoms with van der Waals surface area (Å²) in [5, 5.41) is 12.0. The molecule has 1 aromatic rings. The topological polar surface area (TPSA) is 58.6 Å². The molecule has 18 heavy (non-hydrogen) atoms. The van der Waals surface area contributed by atoms with Gasteiger partial charge in [-0.3, -0.25) is 4.79 Å². The minimum Gasteiger partial charge on any atom is -0.482 e. The summed E-state index contributed by atoms with van der Waals surface area (Å²) in [5.74, 6) is -0.632. The Kier molecular flexibility index (Phi) is 4.93. The van der Waals surface area contributed by atoms with Gasteiger partial charge in [-0.2, -0.15) is 0 Å². The van der Waals surface area contributed by atoms with E-state index < -0.39 is 17.3 Å². The monoisotopic (exact) mass is 275 g/mol. The first kappa shape index (κ1) is 14.7. The third-order valence-electron chi connectivity index (χ3n) is 1.97. The smallest absolute Gasteiger partial charge is 0.258 e. The summed E-state index contributed by atoms with van der Waals surface area (Å²) in [4.78, 5) is 11.4. The van der Waals surface area contributed by atoms with Crippen molar-refractivity contribution in [3.05, 3.63) is 29.0 Å². The maximum Gasteiger partial charge on any atom is 0.258 e. The second-order valence-electron chi connectivity index (χ2n) is 4.45. The Morgan fingerprint density at radius 1 is 1.56 bits per heavy atom. The Labute approximate surface area is 110 Å². The molecule has 4 nitrogen and oxygen atoms in total. The largest absolute Gasteiger partial charge is 0.482 e. The molecule has 0 aliphatic heterocycles. The molecule has 1 aromatic carbocycles. The molecule has 0 fully saturated rings. The van der Waals surface area contributed by atoms with Gasteiger partial charge in [-0.15, -0.1) is 0 Å². The maximum atomic E-state index is 12.8. The summed E-state index contributed by atoms with van der Waals surface area (Å²) in [6.07, 6.45) is 0. The van der Waals surface area contributed by atoms with Crippen molar-refractivity contribution in [3.8, 4) is 5.75 Å². The van der Waals surface area contributed by atoms with Gasteiger partial charge in [-0.05, 0) is 32.0 Å². The van der Waals surface area contributed by atoms with Crippen molar-refractivity contribution in [2.24, 2.45) is 0 Å². The van der Waals surface area contributed by atoms with E-state index >= 15 is 0 Å². The molecule has 0 aliphatic rings. The molecule has 0 bridgehead atoms. The van der Waals surface area contributed by atoms with Crippen LogP contribution in [0.15, 0.2) is 18.2 Å². The molecule has 2 N–H and O–H groups in total. The molecule has 1 amide bonds. The van der Waals surface area contributed by atoms with E-state index in [1.54, 1.807) is 13.8 Å². The van der Waals surface area contributed by atoms with Crippen molar-refractivity contribution in [3.63, 3.8) is 0 Å². The molecule has 0 radical (unpaired) electrons. The number of rotatable bonds is 5. The van der Waals surface area contributed by atoms with Crippen LogP contribution in [0.3, 0.4) is 0 Å². The van der Waals surface area contributed by atoms with E-state index in [1.165, 1.54) is 12.1 Å². The number of carbonyl (C=O) groups excluding carboxylic acids is 1. The molecule has 0 unspecified atom stereocenters. The highest BCUT2D eigenvalue weighted by molar-refractivity contribution is 6.32. The quantitative estimate of drug-likeness (QED) is 0.861. The van der Waals surface area contributed by atoms with E-state index in [2.05, 4.69) is 5.32 Å². The molecule has 1 rings (SSSR count). The number of hydrogen-bond donors (Lipinski definition) is 2. The average molecular weight is 276 g/mol. The zero-order chi connectivity index (χ0) is 13.8. The number of benzene rings is 1. The van der Waals surface area contributed by atoms with Gasteiger partial charge in [-0.25, -0.2) is 4.39 Å². The van der Waals surface area contributed by atoms with Crippen molar-refractivity contribution in [1.29, 1.82) is 0 Å². The summed E-state index contributed by atoms with van der Waals surface area (Å²) in [7, 11) is 0. The zero-order valence-electron chi connectivity index (χ0n) is 10.2. The van der Waals surface area contributed by atoms with Gasteiger partial charge in [0.15, 0.2) is 6.61 Å². The van der Waals surface area contributed by atoms with Crippen LogP contribution in [-0.4, -0.2) is 29.8 Å². The summed E-state index contributed by atoms with van der Waals surface area (Å²) < 4.78 is 17.9. The van der Waals surface area contributed by atoms with E-state index in [9.17, 15) is 14.3 Å². The predicted molar refractivity (Wildman–Crippen MR) is 66.2 cm³/mol. The lowest BCUT2D eigenvalue weighted by atomic mass is 10.1. The van der Waals surface area contributed by atoms with Crippen LogP contribution in [0.25, 0.3) is 0 Å².